The van der Waals surface area contributed by atoms with Crippen LogP contribution in [0.1, 0.15) is 41.6 Å². The Labute approximate surface area is 198 Å². The number of nitrogens with one attached hydrogen (secondary N) is 3. The predicted molar refractivity (Wildman–Crippen MR) is 131 cm³/mol. The maximum Gasteiger partial charge on any atom is 0.258 e. The van der Waals surface area contributed by atoms with Gasteiger partial charge in [-0.05, 0) is 67.7 Å². The molecule has 4 rings (SSSR count). The Morgan fingerprint density at radius 3 is 2.55 bits per heavy atom. The number of benzene rings is 2. The molecule has 1 aromatic heterocycles. The predicted octanol–water partition coefficient (Wildman–Crippen LogP) is 5.71. The van der Waals surface area contributed by atoms with Crippen LogP contribution in [0, 0.1) is 11.7 Å². The van der Waals surface area contributed by atoms with Gasteiger partial charge in [-0.1, -0.05) is 48.9 Å². The molecule has 2 aromatic carbocycles. The van der Waals surface area contributed by atoms with Crippen molar-refractivity contribution >= 4 is 29.0 Å². The van der Waals surface area contributed by atoms with Gasteiger partial charge in [-0.3, -0.25) is 4.79 Å². The van der Waals surface area contributed by atoms with Gasteiger partial charge in [0.25, 0.3) is 5.91 Å². The molecule has 3 aromatic rings. The zero-order valence-electron chi connectivity index (χ0n) is 18.5. The number of hydrogen-bond acceptors (Lipinski definition) is 4. The first-order chi connectivity index (χ1) is 16.0. The van der Waals surface area contributed by atoms with Crippen LogP contribution in [0.3, 0.4) is 0 Å². The molecular weight excluding hydrogens is 439 g/mol. The quantitative estimate of drug-likeness (QED) is 0.417. The Morgan fingerprint density at radius 1 is 1.09 bits per heavy atom. The van der Waals surface area contributed by atoms with E-state index in [0.717, 1.165) is 31.6 Å². The van der Waals surface area contributed by atoms with Crippen LogP contribution in [-0.4, -0.2) is 30.0 Å². The summed E-state index contributed by atoms with van der Waals surface area (Å²) >= 11 is 5.90. The smallest absolute Gasteiger partial charge is 0.258 e. The van der Waals surface area contributed by atoms with E-state index in [0.29, 0.717) is 27.9 Å². The van der Waals surface area contributed by atoms with Gasteiger partial charge in [0.2, 0.25) is 0 Å². The number of piperidine rings is 1. The lowest BCUT2D eigenvalue weighted by molar-refractivity contribution is 0.102. The Bertz CT molecular complexity index is 1090. The maximum atomic E-state index is 14.7. The molecule has 0 spiro atoms. The molecule has 2 heterocycles. The molecule has 0 aliphatic carbocycles. The number of hydrogen-bond donors (Lipinski definition) is 3. The highest BCUT2D eigenvalue weighted by Crippen LogP contribution is 2.33. The average Bonchev–Trinajstić information content (AvgIpc) is 2.84. The number of carbonyl (C=O) groups excluding carboxylic acids is 1. The van der Waals surface area contributed by atoms with Crippen LogP contribution in [0.5, 0.6) is 0 Å². The van der Waals surface area contributed by atoms with Gasteiger partial charge in [-0.15, -0.1) is 0 Å². The molecule has 1 aliphatic heterocycles. The van der Waals surface area contributed by atoms with Crippen molar-refractivity contribution in [1.29, 1.82) is 0 Å². The first-order valence-electron chi connectivity index (χ1n) is 11.3. The Balaban J connectivity index is 1.61. The summed E-state index contributed by atoms with van der Waals surface area (Å²) in [5.74, 6) is 0.216. The zero-order valence-corrected chi connectivity index (χ0v) is 19.3. The Kier molecular flexibility index (Phi) is 7.57. The second-order valence-electron chi connectivity index (χ2n) is 8.43. The molecule has 5 nitrogen and oxygen atoms in total. The number of amides is 1. The molecule has 0 radical (unpaired) electrons. The van der Waals surface area contributed by atoms with E-state index in [4.69, 9.17) is 11.6 Å². The third kappa shape index (κ3) is 5.70. The number of pyridine rings is 1. The second-order valence-corrected chi connectivity index (χ2v) is 8.87. The molecule has 3 N–H and O–H groups in total. The van der Waals surface area contributed by atoms with Crippen molar-refractivity contribution in [2.45, 2.75) is 31.7 Å². The van der Waals surface area contributed by atoms with E-state index in [1.807, 2.05) is 30.3 Å². The Morgan fingerprint density at radius 2 is 1.82 bits per heavy atom. The maximum absolute atomic E-state index is 14.7. The lowest BCUT2D eigenvalue weighted by atomic mass is 9.80. The minimum atomic E-state index is -0.268. The number of anilines is 2. The summed E-state index contributed by atoms with van der Waals surface area (Å²) in [5.41, 5.74) is 1.91. The number of carbonyl (C=O) groups is 1. The fraction of sp³-hybridized carbons (Fsp3) is 0.308. The fourth-order valence-corrected chi connectivity index (χ4v) is 4.62. The standard InChI is InChI=1S/C26H28ClFN4O/c1-17(20-6-2-4-8-22(20)28)25(18-12-14-29-15-13-18)31-23-9-5-3-7-21(23)26(33)32-24-11-10-19(27)16-30-24/h2-11,16-18,25,29,31H,12-15H2,1H3,(H,30,32,33). The van der Waals surface area contributed by atoms with Crippen LogP contribution in [0.25, 0.3) is 0 Å². The summed E-state index contributed by atoms with van der Waals surface area (Å²) in [6.45, 7) is 3.91. The van der Waals surface area contributed by atoms with E-state index in [2.05, 4.69) is 27.9 Å². The van der Waals surface area contributed by atoms with Crippen molar-refractivity contribution in [3.05, 3.63) is 88.8 Å². The van der Waals surface area contributed by atoms with E-state index < -0.39 is 0 Å². The average molecular weight is 467 g/mol. The minimum absolute atomic E-state index is 0.0355. The molecule has 2 unspecified atom stereocenters. The van der Waals surface area contributed by atoms with Crippen molar-refractivity contribution < 1.29 is 9.18 Å². The molecule has 1 fully saturated rings. The van der Waals surface area contributed by atoms with Gasteiger partial charge in [0.1, 0.15) is 11.6 Å². The van der Waals surface area contributed by atoms with E-state index in [1.165, 1.54) is 12.3 Å². The van der Waals surface area contributed by atoms with Gasteiger partial charge in [-0.2, -0.15) is 0 Å². The largest absolute Gasteiger partial charge is 0.381 e. The monoisotopic (exact) mass is 466 g/mol. The Hall–Kier alpha value is -2.96. The summed E-state index contributed by atoms with van der Waals surface area (Å²) in [7, 11) is 0. The third-order valence-electron chi connectivity index (χ3n) is 6.29. The third-order valence-corrected chi connectivity index (χ3v) is 6.51. The van der Waals surface area contributed by atoms with Crippen molar-refractivity contribution in [3.63, 3.8) is 0 Å². The van der Waals surface area contributed by atoms with Gasteiger partial charge in [0.15, 0.2) is 0 Å². The van der Waals surface area contributed by atoms with Gasteiger partial charge in [-0.25, -0.2) is 9.37 Å². The van der Waals surface area contributed by atoms with Crippen LogP contribution in [0.4, 0.5) is 15.9 Å². The van der Waals surface area contributed by atoms with Crippen LogP contribution in [0.2, 0.25) is 5.02 Å². The lowest BCUT2D eigenvalue weighted by Crippen LogP contribution is -2.41. The number of rotatable bonds is 7. The van der Waals surface area contributed by atoms with Crippen molar-refractivity contribution in [3.8, 4) is 0 Å². The number of para-hydroxylation sites is 1. The van der Waals surface area contributed by atoms with E-state index in [-0.39, 0.29) is 23.7 Å². The first-order valence-corrected chi connectivity index (χ1v) is 11.6. The highest BCUT2D eigenvalue weighted by molar-refractivity contribution is 6.30. The van der Waals surface area contributed by atoms with Gasteiger partial charge in [0.05, 0.1) is 10.6 Å². The first kappa shape index (κ1) is 23.2. The zero-order chi connectivity index (χ0) is 23.2. The fourth-order valence-electron chi connectivity index (χ4n) is 4.51. The lowest BCUT2D eigenvalue weighted by Gasteiger charge is -2.36. The number of halogens is 2. The van der Waals surface area contributed by atoms with Gasteiger partial charge >= 0.3 is 0 Å². The molecule has 7 heteroatoms. The van der Waals surface area contributed by atoms with E-state index in [9.17, 15) is 9.18 Å². The molecule has 172 valence electrons. The summed E-state index contributed by atoms with van der Waals surface area (Å²) < 4.78 is 14.7. The molecule has 1 saturated heterocycles. The van der Waals surface area contributed by atoms with Crippen LogP contribution >= 0.6 is 11.6 Å². The van der Waals surface area contributed by atoms with Crippen molar-refractivity contribution in [2.75, 3.05) is 23.7 Å². The summed E-state index contributed by atoms with van der Waals surface area (Å²) in [4.78, 5) is 17.2. The van der Waals surface area contributed by atoms with Crippen LogP contribution in [-0.2, 0) is 0 Å². The summed E-state index contributed by atoms with van der Waals surface area (Å²) in [6.07, 6.45) is 3.46. The van der Waals surface area contributed by atoms with Gasteiger partial charge < -0.3 is 16.0 Å². The van der Waals surface area contributed by atoms with Gasteiger partial charge in [0, 0.05) is 23.8 Å². The topological polar surface area (TPSA) is 66.0 Å². The molecule has 1 amide bonds. The van der Waals surface area contributed by atoms with Crippen molar-refractivity contribution in [2.24, 2.45) is 5.92 Å². The van der Waals surface area contributed by atoms with Crippen LogP contribution in [0.15, 0.2) is 66.9 Å². The molecule has 33 heavy (non-hydrogen) atoms. The number of aromatic nitrogens is 1. The highest BCUT2D eigenvalue weighted by Gasteiger charge is 2.31. The minimum Gasteiger partial charge on any atom is -0.381 e. The molecule has 0 saturated carbocycles. The summed E-state index contributed by atoms with van der Waals surface area (Å²) in [6, 6.07) is 17.6. The van der Waals surface area contributed by atoms with E-state index in [1.54, 1.807) is 24.3 Å². The molecule has 0 bridgehead atoms. The van der Waals surface area contributed by atoms with Crippen LogP contribution < -0.4 is 16.0 Å². The molecule has 2 atom stereocenters. The molecular formula is C26H28ClFN4O. The summed E-state index contributed by atoms with van der Waals surface area (Å²) in [5, 5.41) is 10.4. The molecule has 1 aliphatic rings. The highest BCUT2D eigenvalue weighted by atomic mass is 35.5. The second kappa shape index (κ2) is 10.8. The van der Waals surface area contributed by atoms with E-state index >= 15 is 0 Å². The SMILES string of the molecule is CC(c1ccccc1F)C(Nc1ccccc1C(=O)Nc1ccc(Cl)cn1)C1CCNCC1. The normalized spacial score (nSPS) is 16.1. The number of nitrogens with zero attached hydrogens (tertiary/aromatic N) is 1. The van der Waals surface area contributed by atoms with Crippen molar-refractivity contribution in [1.82, 2.24) is 10.3 Å².